The summed E-state index contributed by atoms with van der Waals surface area (Å²) in [6.45, 7) is 4.81. The van der Waals surface area contributed by atoms with E-state index in [-0.39, 0.29) is 12.5 Å². The molecule has 1 aliphatic heterocycles. The smallest absolute Gasteiger partial charge is 0.408 e. The predicted octanol–water partition coefficient (Wildman–Crippen LogP) is 5.49. The van der Waals surface area contributed by atoms with Crippen LogP contribution in [-0.2, 0) is 9.53 Å². The Kier molecular flexibility index (Phi) is 6.69. The van der Waals surface area contributed by atoms with Crippen LogP contribution in [0, 0.1) is 0 Å². The SMILES string of the molecule is CC(C)(I)OC(=O)NCC(=O)N1CCC(=C2c3ccccc3C=Cc3ccccc32)CC1. The van der Waals surface area contributed by atoms with Gasteiger partial charge in [0.05, 0.1) is 0 Å². The van der Waals surface area contributed by atoms with Crippen LogP contribution in [0.4, 0.5) is 4.79 Å². The van der Waals surface area contributed by atoms with Crippen LogP contribution in [0.1, 0.15) is 48.9 Å². The summed E-state index contributed by atoms with van der Waals surface area (Å²) in [7, 11) is 0. The fourth-order valence-corrected chi connectivity index (χ4v) is 4.44. The highest BCUT2D eigenvalue weighted by molar-refractivity contribution is 14.1. The zero-order valence-corrected chi connectivity index (χ0v) is 20.5. The molecule has 1 N–H and O–H groups in total. The zero-order valence-electron chi connectivity index (χ0n) is 18.4. The molecule has 1 saturated heterocycles. The minimum atomic E-state index is -0.614. The molecule has 0 radical (unpaired) electrons. The molecule has 2 aliphatic rings. The van der Waals surface area contributed by atoms with Crippen molar-refractivity contribution in [2.24, 2.45) is 0 Å². The van der Waals surface area contributed by atoms with Crippen LogP contribution in [0.25, 0.3) is 17.7 Å². The number of halogens is 1. The largest absolute Gasteiger partial charge is 0.433 e. The number of benzene rings is 2. The zero-order chi connectivity index (χ0) is 22.7. The lowest BCUT2D eigenvalue weighted by atomic mass is 9.86. The van der Waals surface area contributed by atoms with E-state index in [1.165, 1.54) is 33.4 Å². The first-order valence-corrected chi connectivity index (χ1v) is 11.9. The first kappa shape index (κ1) is 22.6. The maximum Gasteiger partial charge on any atom is 0.408 e. The maximum absolute atomic E-state index is 12.6. The second-order valence-corrected chi connectivity index (χ2v) is 11.1. The van der Waals surface area contributed by atoms with Gasteiger partial charge >= 0.3 is 6.09 Å². The molecule has 4 rings (SSSR count). The highest BCUT2D eigenvalue weighted by Gasteiger charge is 2.25. The molecule has 1 aliphatic carbocycles. The number of hydrogen-bond acceptors (Lipinski definition) is 3. The standard InChI is InChI=1S/C26H27IN2O3/c1-26(2,27)32-25(31)28-17-23(30)29-15-13-20(14-16-29)24-21-9-5-3-7-18(21)11-12-19-8-4-6-10-22(19)24/h3-12H,13-17H2,1-2H3,(H,28,31). The Balaban J connectivity index is 1.50. The number of alkyl halides is 1. The number of piperidine rings is 1. The van der Waals surface area contributed by atoms with Crippen LogP contribution >= 0.6 is 22.6 Å². The third-order valence-corrected chi connectivity index (χ3v) is 5.92. The number of ether oxygens (including phenoxy) is 1. The summed E-state index contributed by atoms with van der Waals surface area (Å²) in [5.41, 5.74) is 7.58. The van der Waals surface area contributed by atoms with E-state index < -0.39 is 9.70 Å². The molecule has 1 heterocycles. The van der Waals surface area contributed by atoms with Crippen LogP contribution < -0.4 is 5.32 Å². The average Bonchev–Trinajstić information content (AvgIpc) is 2.93. The number of carbonyl (C=O) groups excluding carboxylic acids is 2. The lowest BCUT2D eigenvalue weighted by Gasteiger charge is -2.31. The summed E-state index contributed by atoms with van der Waals surface area (Å²) in [5, 5.41) is 2.57. The predicted molar refractivity (Wildman–Crippen MR) is 136 cm³/mol. The molecule has 0 aromatic heterocycles. The van der Waals surface area contributed by atoms with Gasteiger partial charge in [-0.3, -0.25) is 4.79 Å². The monoisotopic (exact) mass is 542 g/mol. The van der Waals surface area contributed by atoms with Gasteiger partial charge in [0.1, 0.15) is 6.54 Å². The van der Waals surface area contributed by atoms with Gasteiger partial charge in [-0.1, -0.05) is 66.3 Å². The topological polar surface area (TPSA) is 58.6 Å². The molecule has 2 amide bonds. The minimum Gasteiger partial charge on any atom is -0.433 e. The van der Waals surface area contributed by atoms with Crippen molar-refractivity contribution in [3.63, 3.8) is 0 Å². The van der Waals surface area contributed by atoms with Crippen molar-refractivity contribution in [1.29, 1.82) is 0 Å². The van der Waals surface area contributed by atoms with Crippen LogP contribution in [-0.4, -0.2) is 40.1 Å². The number of rotatable bonds is 3. The Hall–Kier alpha value is -2.61. The van der Waals surface area contributed by atoms with Crippen molar-refractivity contribution in [3.05, 3.63) is 76.4 Å². The summed E-state index contributed by atoms with van der Waals surface area (Å²) in [4.78, 5) is 26.3. The Labute approximate surface area is 202 Å². The van der Waals surface area contributed by atoms with Crippen molar-refractivity contribution < 1.29 is 14.3 Å². The molecule has 0 atom stereocenters. The lowest BCUT2D eigenvalue weighted by Crippen LogP contribution is -2.44. The summed E-state index contributed by atoms with van der Waals surface area (Å²) in [5.74, 6) is -0.0828. The van der Waals surface area contributed by atoms with Crippen LogP contribution in [0.2, 0.25) is 0 Å². The number of amides is 2. The molecule has 0 bridgehead atoms. The Morgan fingerprint density at radius 1 is 0.969 bits per heavy atom. The molecule has 2 aromatic rings. The second-order valence-electron chi connectivity index (χ2n) is 8.47. The first-order chi connectivity index (χ1) is 15.3. The molecule has 2 aromatic carbocycles. The molecule has 0 spiro atoms. The van der Waals surface area contributed by atoms with Crippen LogP contribution in [0.5, 0.6) is 0 Å². The Morgan fingerprint density at radius 3 is 2.03 bits per heavy atom. The lowest BCUT2D eigenvalue weighted by molar-refractivity contribution is -0.130. The fraction of sp³-hybridized carbons (Fsp3) is 0.308. The molecule has 166 valence electrons. The number of fused-ring (bicyclic) bond motifs is 2. The Bertz CT molecular complexity index is 1040. The van der Waals surface area contributed by atoms with E-state index in [1.807, 2.05) is 27.5 Å². The average molecular weight is 542 g/mol. The van der Waals surface area contributed by atoms with Crippen LogP contribution in [0.3, 0.4) is 0 Å². The summed E-state index contributed by atoms with van der Waals surface area (Å²) in [6.07, 6.45) is 5.42. The molecule has 5 nitrogen and oxygen atoms in total. The van der Waals surface area contributed by atoms with Gasteiger partial charge in [0.25, 0.3) is 0 Å². The summed E-state index contributed by atoms with van der Waals surface area (Å²) >= 11 is 2.03. The molecular formula is C26H27IN2O3. The van der Waals surface area contributed by atoms with Gasteiger partial charge < -0.3 is 15.0 Å². The van der Waals surface area contributed by atoms with E-state index in [0.29, 0.717) is 13.1 Å². The van der Waals surface area contributed by atoms with E-state index in [2.05, 4.69) is 66.0 Å². The third kappa shape index (κ3) is 5.23. The Morgan fingerprint density at radius 2 is 1.50 bits per heavy atom. The molecule has 0 unspecified atom stereocenters. The van der Waals surface area contributed by atoms with Gasteiger partial charge in [-0.05, 0) is 77.1 Å². The van der Waals surface area contributed by atoms with Gasteiger partial charge in [-0.25, -0.2) is 4.79 Å². The quantitative estimate of drug-likeness (QED) is 0.352. The van der Waals surface area contributed by atoms with E-state index >= 15 is 0 Å². The van der Waals surface area contributed by atoms with E-state index in [9.17, 15) is 9.59 Å². The fourth-order valence-electron chi connectivity index (χ4n) is 4.24. The van der Waals surface area contributed by atoms with Crippen molar-refractivity contribution in [2.45, 2.75) is 30.3 Å². The van der Waals surface area contributed by atoms with E-state index in [1.54, 1.807) is 13.8 Å². The van der Waals surface area contributed by atoms with Gasteiger partial charge in [-0.2, -0.15) is 0 Å². The second kappa shape index (κ2) is 9.48. The van der Waals surface area contributed by atoms with Gasteiger partial charge in [0.15, 0.2) is 3.61 Å². The first-order valence-electron chi connectivity index (χ1n) is 10.8. The van der Waals surface area contributed by atoms with E-state index in [4.69, 9.17) is 4.74 Å². The van der Waals surface area contributed by atoms with Crippen molar-refractivity contribution in [3.8, 4) is 0 Å². The van der Waals surface area contributed by atoms with Crippen LogP contribution in [0.15, 0.2) is 54.1 Å². The normalized spacial score (nSPS) is 15.5. The number of nitrogens with one attached hydrogen (secondary N) is 1. The number of hydrogen-bond donors (Lipinski definition) is 1. The third-order valence-electron chi connectivity index (χ3n) is 5.70. The van der Waals surface area contributed by atoms with Gasteiger partial charge in [-0.15, -0.1) is 0 Å². The van der Waals surface area contributed by atoms with Crippen molar-refractivity contribution >= 4 is 52.3 Å². The molecule has 32 heavy (non-hydrogen) atoms. The highest BCUT2D eigenvalue weighted by atomic mass is 127. The van der Waals surface area contributed by atoms with Gasteiger partial charge in [0, 0.05) is 13.1 Å². The highest BCUT2D eigenvalue weighted by Crippen LogP contribution is 2.38. The van der Waals surface area contributed by atoms with E-state index in [0.717, 1.165) is 12.8 Å². The number of nitrogens with zero attached hydrogens (tertiary/aromatic N) is 1. The molecular weight excluding hydrogens is 515 g/mol. The van der Waals surface area contributed by atoms with Crippen molar-refractivity contribution in [1.82, 2.24) is 10.2 Å². The number of carbonyl (C=O) groups is 2. The summed E-state index contributed by atoms with van der Waals surface area (Å²) in [6, 6.07) is 17.0. The molecule has 1 fully saturated rings. The minimum absolute atomic E-state index is 0.0486. The number of alkyl carbamates (subject to hydrolysis) is 1. The number of likely N-dealkylation sites (tertiary alicyclic amines) is 1. The van der Waals surface area contributed by atoms with Crippen molar-refractivity contribution in [2.75, 3.05) is 19.6 Å². The maximum atomic E-state index is 12.6. The van der Waals surface area contributed by atoms with Gasteiger partial charge in [0.2, 0.25) is 5.91 Å². The summed E-state index contributed by atoms with van der Waals surface area (Å²) < 4.78 is 4.59. The molecule has 6 heteroatoms. The molecule has 0 saturated carbocycles.